The van der Waals surface area contributed by atoms with E-state index in [2.05, 4.69) is 27.8 Å². The maximum Gasteiger partial charge on any atom is 0.264 e. The maximum absolute atomic E-state index is 13.5. The number of amides is 1. The Morgan fingerprint density at radius 3 is 2.69 bits per heavy atom. The van der Waals surface area contributed by atoms with E-state index in [4.69, 9.17) is 25.8 Å². The smallest absolute Gasteiger partial charge is 0.264 e. The fourth-order valence-corrected chi connectivity index (χ4v) is 9.49. The summed E-state index contributed by atoms with van der Waals surface area (Å²) >= 11 is 6.43. The molecule has 244 valence electrons. The molecule has 2 aromatic carbocycles. The van der Waals surface area contributed by atoms with Crippen LogP contribution in [-0.4, -0.2) is 65.7 Å². The molecule has 2 aromatic rings. The van der Waals surface area contributed by atoms with E-state index in [0.29, 0.717) is 43.4 Å². The summed E-state index contributed by atoms with van der Waals surface area (Å²) in [5, 5.41) is -0.0439. The Morgan fingerprint density at radius 1 is 1.13 bits per heavy atom. The van der Waals surface area contributed by atoms with E-state index >= 15 is 0 Å². The van der Waals surface area contributed by atoms with Crippen LogP contribution in [0.2, 0.25) is 5.02 Å². The number of anilines is 1. The number of sulfonamides is 1. The van der Waals surface area contributed by atoms with Gasteiger partial charge in [-0.25, -0.2) is 13.1 Å². The van der Waals surface area contributed by atoms with Crippen molar-refractivity contribution in [2.75, 3.05) is 45.4 Å². The van der Waals surface area contributed by atoms with Crippen LogP contribution >= 0.6 is 11.6 Å². The lowest BCUT2D eigenvalue weighted by Gasteiger charge is -2.50. The van der Waals surface area contributed by atoms with Crippen molar-refractivity contribution in [2.24, 2.45) is 17.8 Å². The Labute approximate surface area is 272 Å². The molecule has 0 aromatic heterocycles. The van der Waals surface area contributed by atoms with Crippen LogP contribution in [0.1, 0.15) is 67.4 Å². The van der Waals surface area contributed by atoms with E-state index in [1.54, 1.807) is 33.3 Å². The van der Waals surface area contributed by atoms with Crippen LogP contribution in [0.15, 0.2) is 48.6 Å². The highest BCUT2D eigenvalue weighted by Crippen LogP contribution is 2.49. The Hall–Kier alpha value is -2.59. The first-order chi connectivity index (χ1) is 21.5. The number of nitrogens with zero attached hydrogens (tertiary/aromatic N) is 1. The predicted octanol–water partition coefficient (Wildman–Crippen LogP) is 5.92. The van der Waals surface area contributed by atoms with Gasteiger partial charge in [0.25, 0.3) is 5.91 Å². The predicted molar refractivity (Wildman–Crippen MR) is 177 cm³/mol. The molecule has 0 saturated heterocycles. The summed E-state index contributed by atoms with van der Waals surface area (Å²) in [5.41, 5.74) is 2.73. The van der Waals surface area contributed by atoms with Crippen LogP contribution in [0.5, 0.6) is 5.75 Å². The summed E-state index contributed by atoms with van der Waals surface area (Å²) in [4.78, 5) is 15.8. The van der Waals surface area contributed by atoms with Gasteiger partial charge in [0.2, 0.25) is 10.0 Å². The molecule has 1 N–H and O–H groups in total. The topological polar surface area (TPSA) is 94.2 Å². The first-order valence-corrected chi connectivity index (χ1v) is 18.0. The molecule has 8 nitrogen and oxygen atoms in total. The number of rotatable bonds is 3. The standard InChI is InChI=1S/C35H45ClN2O6S/c1-23-7-5-16-35(43-4,22-42-3)30-12-9-27(30)19-38-20-34(15-6-8-25-17-28(36)11-13-29(25)34)21-44-32-14-10-26(18-31(32)38)33(39)37-45(40,41)24(23)2/h5,10-11,13-14,16-18,23-24,27,30H,6-9,12,15,19-22H2,1-4H3,(H,37,39)/b16-5-/t23-,24+,27-,30+,34-,35+/m0/s1. The molecule has 1 amide bonds. The number of ether oxygens (including phenoxy) is 3. The SMILES string of the molecule is COC[C@]1(OC)/C=C\C[C@H](C)[C@@H](C)S(=O)(=O)NC(=O)c2ccc3c(c2)N(C[C@@H]2CC[C@H]21)C[C@@]1(CCCc2cc(Cl)ccc21)CO3. The van der Waals surface area contributed by atoms with E-state index in [-0.39, 0.29) is 17.3 Å². The number of carbonyl (C=O) groups is 1. The first-order valence-electron chi connectivity index (χ1n) is 16.1. The minimum atomic E-state index is -3.93. The fraction of sp³-hybridized carbons (Fsp3) is 0.571. The van der Waals surface area contributed by atoms with Crippen LogP contribution in [0.4, 0.5) is 5.69 Å². The largest absolute Gasteiger partial charge is 0.490 e. The quantitative estimate of drug-likeness (QED) is 0.410. The van der Waals surface area contributed by atoms with E-state index in [0.717, 1.165) is 49.4 Å². The highest BCUT2D eigenvalue weighted by Gasteiger charge is 2.49. The van der Waals surface area contributed by atoms with E-state index in [1.807, 2.05) is 25.1 Å². The monoisotopic (exact) mass is 656 g/mol. The van der Waals surface area contributed by atoms with Crippen molar-refractivity contribution in [2.45, 2.75) is 68.6 Å². The lowest BCUT2D eigenvalue weighted by molar-refractivity contribution is -0.110. The van der Waals surface area contributed by atoms with Gasteiger partial charge in [0.15, 0.2) is 0 Å². The van der Waals surface area contributed by atoms with Gasteiger partial charge in [-0.2, -0.15) is 0 Å². The number of methoxy groups -OCH3 is 2. The lowest BCUT2D eigenvalue weighted by atomic mass is 9.64. The summed E-state index contributed by atoms with van der Waals surface area (Å²) in [7, 11) is -0.499. The van der Waals surface area contributed by atoms with Crippen molar-refractivity contribution >= 4 is 33.2 Å². The van der Waals surface area contributed by atoms with Gasteiger partial charge in [-0.3, -0.25) is 4.79 Å². The van der Waals surface area contributed by atoms with Crippen LogP contribution in [-0.2, 0) is 31.3 Å². The third-order valence-electron chi connectivity index (χ3n) is 11.0. The van der Waals surface area contributed by atoms with Crippen molar-refractivity contribution in [3.8, 4) is 5.75 Å². The number of hydrogen-bond donors (Lipinski definition) is 1. The molecule has 45 heavy (non-hydrogen) atoms. The molecule has 1 saturated carbocycles. The molecular weight excluding hydrogens is 612 g/mol. The van der Waals surface area contributed by atoms with Gasteiger partial charge in [-0.1, -0.05) is 36.7 Å². The molecular formula is C35H45ClN2O6S. The molecule has 1 spiro atoms. The number of carbonyl (C=O) groups excluding carboxylic acids is 1. The number of fused-ring (bicyclic) bond motifs is 4. The molecule has 0 unspecified atom stereocenters. The molecule has 2 heterocycles. The molecule has 6 atom stereocenters. The molecule has 0 radical (unpaired) electrons. The van der Waals surface area contributed by atoms with Crippen molar-refractivity contribution in [3.05, 3.63) is 70.3 Å². The zero-order valence-electron chi connectivity index (χ0n) is 26.7. The Kier molecular flexibility index (Phi) is 9.02. The van der Waals surface area contributed by atoms with Gasteiger partial charge < -0.3 is 19.1 Å². The van der Waals surface area contributed by atoms with E-state index in [9.17, 15) is 13.2 Å². The molecule has 1 fully saturated rings. The van der Waals surface area contributed by atoms with Gasteiger partial charge in [0.1, 0.15) is 11.4 Å². The van der Waals surface area contributed by atoms with Crippen LogP contribution in [0.3, 0.4) is 0 Å². The number of benzene rings is 2. The minimum Gasteiger partial charge on any atom is -0.490 e. The van der Waals surface area contributed by atoms with Crippen molar-refractivity contribution < 1.29 is 27.4 Å². The van der Waals surface area contributed by atoms with E-state index in [1.165, 1.54) is 11.1 Å². The van der Waals surface area contributed by atoms with Gasteiger partial charge in [0.05, 0.1) is 24.2 Å². The lowest BCUT2D eigenvalue weighted by Crippen LogP contribution is -2.54. The molecule has 2 aliphatic carbocycles. The maximum atomic E-state index is 13.5. The van der Waals surface area contributed by atoms with E-state index < -0.39 is 26.8 Å². The van der Waals surface area contributed by atoms with Gasteiger partial charge >= 0.3 is 0 Å². The second-order valence-corrected chi connectivity index (χ2v) is 16.1. The van der Waals surface area contributed by atoms with Crippen molar-refractivity contribution in [1.29, 1.82) is 0 Å². The Bertz CT molecular complexity index is 1580. The summed E-state index contributed by atoms with van der Waals surface area (Å²) in [6.07, 6.45) is 9.66. The zero-order valence-corrected chi connectivity index (χ0v) is 28.3. The second kappa shape index (κ2) is 12.5. The number of nitrogens with one attached hydrogen (secondary N) is 1. The van der Waals surface area contributed by atoms with Gasteiger partial charge in [-0.15, -0.1) is 0 Å². The minimum absolute atomic E-state index is 0.204. The zero-order chi connectivity index (χ0) is 32.0. The number of halogens is 1. The summed E-state index contributed by atoms with van der Waals surface area (Å²) < 4.78 is 47.7. The van der Waals surface area contributed by atoms with Crippen molar-refractivity contribution in [1.82, 2.24) is 4.72 Å². The normalized spacial score (nSPS) is 33.5. The van der Waals surface area contributed by atoms with Gasteiger partial charge in [-0.05, 0) is 105 Å². The molecule has 4 aliphatic rings. The van der Waals surface area contributed by atoms with Crippen LogP contribution in [0.25, 0.3) is 0 Å². The summed E-state index contributed by atoms with van der Waals surface area (Å²) in [6.45, 7) is 5.90. The average Bonchev–Trinajstić information content (AvgIpc) is 3.15. The molecule has 6 rings (SSSR count). The average molecular weight is 657 g/mol. The van der Waals surface area contributed by atoms with Crippen molar-refractivity contribution in [3.63, 3.8) is 0 Å². The fourth-order valence-electron chi connectivity index (χ4n) is 8.01. The first kappa shape index (κ1) is 32.4. The molecule has 2 bridgehead atoms. The second-order valence-electron chi connectivity index (χ2n) is 13.6. The number of hydrogen-bond acceptors (Lipinski definition) is 7. The highest BCUT2D eigenvalue weighted by atomic mass is 35.5. The third-order valence-corrected chi connectivity index (χ3v) is 13.1. The Morgan fingerprint density at radius 2 is 1.96 bits per heavy atom. The summed E-state index contributed by atoms with van der Waals surface area (Å²) in [6, 6.07) is 11.5. The third kappa shape index (κ3) is 6.01. The number of aryl methyl sites for hydroxylation is 1. The molecule has 10 heteroatoms. The van der Waals surface area contributed by atoms with Crippen LogP contribution < -0.4 is 14.4 Å². The number of allylic oxidation sites excluding steroid dienone is 1. The molecule has 2 aliphatic heterocycles. The summed E-state index contributed by atoms with van der Waals surface area (Å²) in [5.74, 6) is 0.352. The van der Waals surface area contributed by atoms with Crippen LogP contribution in [0, 0.1) is 17.8 Å². The van der Waals surface area contributed by atoms with Gasteiger partial charge in [0, 0.05) is 43.3 Å². The Balaban J connectivity index is 1.46. The highest BCUT2D eigenvalue weighted by molar-refractivity contribution is 7.90.